The Bertz CT molecular complexity index is 1340. The molecule has 6 nitrogen and oxygen atoms in total. The number of carbonyl (C=O) groups excluding carboxylic acids is 1. The van der Waals surface area contributed by atoms with Crippen molar-refractivity contribution in [2.45, 2.75) is 19.2 Å². The van der Waals surface area contributed by atoms with E-state index < -0.39 is 6.23 Å². The minimum Gasteiger partial charge on any atom is -0.497 e. The van der Waals surface area contributed by atoms with Crippen LogP contribution in [0.2, 0.25) is 0 Å². The van der Waals surface area contributed by atoms with Crippen molar-refractivity contribution < 1.29 is 18.7 Å². The van der Waals surface area contributed by atoms with E-state index in [4.69, 9.17) is 14.6 Å². The van der Waals surface area contributed by atoms with Gasteiger partial charge in [-0.1, -0.05) is 28.1 Å². The summed E-state index contributed by atoms with van der Waals surface area (Å²) in [4.78, 5) is 14.7. The van der Waals surface area contributed by atoms with Crippen molar-refractivity contribution in [3.63, 3.8) is 0 Å². The minimum atomic E-state index is -0.649. The van der Waals surface area contributed by atoms with Crippen molar-refractivity contribution in [3.8, 4) is 22.7 Å². The molecule has 0 spiro atoms. The van der Waals surface area contributed by atoms with Gasteiger partial charge in [-0.15, -0.1) is 0 Å². The average molecular weight is 536 g/mol. The number of rotatable bonds is 6. The normalized spacial score (nSPS) is 16.5. The first-order valence-corrected chi connectivity index (χ1v) is 11.9. The van der Waals surface area contributed by atoms with Crippen molar-refractivity contribution in [2.75, 3.05) is 13.7 Å². The summed E-state index contributed by atoms with van der Waals surface area (Å²) in [5.41, 5.74) is 3.89. The van der Waals surface area contributed by atoms with Crippen LogP contribution in [-0.2, 0) is 9.53 Å². The lowest BCUT2D eigenvalue weighted by Gasteiger charge is -2.30. The Hall–Kier alpha value is -3.49. The van der Waals surface area contributed by atoms with Gasteiger partial charge in [-0.2, -0.15) is 5.10 Å². The zero-order valence-corrected chi connectivity index (χ0v) is 20.8. The van der Waals surface area contributed by atoms with Gasteiger partial charge in [0.1, 0.15) is 23.9 Å². The van der Waals surface area contributed by atoms with Gasteiger partial charge in [0.05, 0.1) is 18.8 Å². The largest absolute Gasteiger partial charge is 0.497 e. The van der Waals surface area contributed by atoms with Gasteiger partial charge in [-0.3, -0.25) is 4.79 Å². The number of carbonyl (C=O) groups is 1. The molecule has 0 radical (unpaired) electrons. The first kappa shape index (κ1) is 23.3. The molecule has 35 heavy (non-hydrogen) atoms. The number of halogens is 2. The summed E-state index contributed by atoms with van der Waals surface area (Å²) in [6.45, 7) is 1.94. The Labute approximate surface area is 211 Å². The Kier molecular flexibility index (Phi) is 6.40. The highest BCUT2D eigenvalue weighted by Gasteiger charge is 2.39. The topological polar surface area (TPSA) is 56.6 Å². The molecule has 2 unspecified atom stereocenters. The average Bonchev–Trinajstić information content (AvgIpc) is 3.48. The number of aromatic nitrogens is 2. The molecular weight excluding hydrogens is 513 g/mol. The molecule has 178 valence electrons. The second kappa shape index (κ2) is 9.64. The monoisotopic (exact) mass is 535 g/mol. The van der Waals surface area contributed by atoms with E-state index in [-0.39, 0.29) is 24.4 Å². The quantitative estimate of drug-likeness (QED) is 0.300. The van der Waals surface area contributed by atoms with Crippen LogP contribution in [0.1, 0.15) is 30.3 Å². The molecule has 3 aromatic carbocycles. The third-order valence-corrected chi connectivity index (χ3v) is 6.67. The molecule has 0 bridgehead atoms. The number of amides is 1. The van der Waals surface area contributed by atoms with Crippen molar-refractivity contribution in [2.24, 2.45) is 0 Å². The molecule has 1 aliphatic heterocycles. The van der Waals surface area contributed by atoms with E-state index in [9.17, 15) is 9.18 Å². The van der Waals surface area contributed by atoms with Crippen molar-refractivity contribution in [1.82, 2.24) is 14.7 Å². The summed E-state index contributed by atoms with van der Waals surface area (Å²) >= 11 is 3.46. The van der Waals surface area contributed by atoms with E-state index in [1.54, 1.807) is 28.8 Å². The van der Waals surface area contributed by atoms with Crippen LogP contribution in [0.15, 0.2) is 83.5 Å². The molecule has 2 heterocycles. The maximum absolute atomic E-state index is 13.7. The van der Waals surface area contributed by atoms with Crippen LogP contribution in [0.4, 0.5) is 4.39 Å². The molecule has 1 aromatic heterocycles. The second-order valence-corrected chi connectivity index (χ2v) is 9.19. The Morgan fingerprint density at radius 3 is 2.40 bits per heavy atom. The van der Waals surface area contributed by atoms with Crippen LogP contribution in [-0.4, -0.2) is 34.3 Å². The molecule has 4 aromatic rings. The molecule has 1 saturated heterocycles. The molecule has 5 rings (SSSR count). The zero-order chi connectivity index (χ0) is 24.5. The fourth-order valence-corrected chi connectivity index (χ4v) is 4.53. The summed E-state index contributed by atoms with van der Waals surface area (Å²) < 4.78 is 27.7. The predicted octanol–water partition coefficient (Wildman–Crippen LogP) is 6.07. The third-order valence-electron chi connectivity index (χ3n) is 6.14. The number of benzene rings is 3. The van der Waals surface area contributed by atoms with Crippen LogP contribution >= 0.6 is 15.9 Å². The first-order valence-electron chi connectivity index (χ1n) is 11.1. The SMILES string of the molecule is COc1ccc(C(C)N2C(=O)COC2c2cn(-c3ccc(Br)cc3)nc2-c2ccc(F)cc2)cc1. The molecule has 0 aliphatic carbocycles. The van der Waals surface area contributed by atoms with Crippen molar-refractivity contribution in [3.05, 3.63) is 100 Å². The lowest BCUT2D eigenvalue weighted by molar-refractivity contribution is -0.130. The molecule has 0 saturated carbocycles. The molecule has 8 heteroatoms. The highest BCUT2D eigenvalue weighted by molar-refractivity contribution is 9.10. The van der Waals surface area contributed by atoms with Gasteiger partial charge in [-0.05, 0) is 73.2 Å². The maximum atomic E-state index is 13.7. The summed E-state index contributed by atoms with van der Waals surface area (Å²) in [6.07, 6.45) is 1.22. The van der Waals surface area contributed by atoms with Crippen LogP contribution in [0.5, 0.6) is 5.75 Å². The first-order chi connectivity index (χ1) is 16.9. The number of hydrogen-bond donors (Lipinski definition) is 0. The fraction of sp³-hybridized carbons (Fsp3) is 0.185. The van der Waals surface area contributed by atoms with Gasteiger partial charge in [0, 0.05) is 21.8 Å². The van der Waals surface area contributed by atoms with Gasteiger partial charge in [-0.25, -0.2) is 9.07 Å². The van der Waals surface area contributed by atoms with E-state index in [1.807, 2.05) is 61.7 Å². The predicted molar refractivity (Wildman–Crippen MR) is 134 cm³/mol. The minimum absolute atomic E-state index is 0.0303. The molecule has 0 N–H and O–H groups in total. The van der Waals surface area contributed by atoms with Gasteiger partial charge < -0.3 is 14.4 Å². The summed E-state index contributed by atoms with van der Waals surface area (Å²) in [6, 6.07) is 21.3. The summed E-state index contributed by atoms with van der Waals surface area (Å²) in [7, 11) is 1.62. The fourth-order valence-electron chi connectivity index (χ4n) is 4.26. The smallest absolute Gasteiger partial charge is 0.251 e. The molecule has 1 fully saturated rings. The Morgan fingerprint density at radius 2 is 1.74 bits per heavy atom. The van der Waals surface area contributed by atoms with Gasteiger partial charge in [0.25, 0.3) is 5.91 Å². The van der Waals surface area contributed by atoms with Crippen LogP contribution in [0.3, 0.4) is 0 Å². The van der Waals surface area contributed by atoms with Crippen molar-refractivity contribution in [1.29, 1.82) is 0 Å². The van der Waals surface area contributed by atoms with E-state index in [2.05, 4.69) is 15.9 Å². The number of ether oxygens (including phenoxy) is 2. The van der Waals surface area contributed by atoms with E-state index in [0.29, 0.717) is 5.69 Å². The zero-order valence-electron chi connectivity index (χ0n) is 19.2. The molecule has 1 amide bonds. The number of methoxy groups -OCH3 is 1. The molecule has 2 atom stereocenters. The third kappa shape index (κ3) is 4.59. The maximum Gasteiger partial charge on any atom is 0.251 e. The summed E-state index contributed by atoms with van der Waals surface area (Å²) in [5.74, 6) is 0.306. The number of nitrogens with zero attached hydrogens (tertiary/aromatic N) is 3. The Balaban J connectivity index is 1.58. The van der Waals surface area contributed by atoms with E-state index >= 15 is 0 Å². The lowest BCUT2D eigenvalue weighted by atomic mass is 10.0. The molecule has 1 aliphatic rings. The van der Waals surface area contributed by atoms with Crippen LogP contribution in [0, 0.1) is 5.82 Å². The lowest BCUT2D eigenvalue weighted by Crippen LogP contribution is -2.31. The molecular formula is C27H23BrFN3O3. The van der Waals surface area contributed by atoms with Crippen molar-refractivity contribution >= 4 is 21.8 Å². The van der Waals surface area contributed by atoms with E-state index in [1.165, 1.54) is 12.1 Å². The standard InChI is InChI=1S/C27H23BrFN3O3/c1-17(18-5-13-23(34-2)14-6-18)32-25(33)16-35-27(32)24-15-31(22-11-7-20(28)8-12-22)30-26(24)19-3-9-21(29)10-4-19/h3-15,17,27H,16H2,1-2H3. The highest BCUT2D eigenvalue weighted by atomic mass is 79.9. The Morgan fingerprint density at radius 1 is 1.06 bits per heavy atom. The summed E-state index contributed by atoms with van der Waals surface area (Å²) in [5, 5.41) is 4.81. The van der Waals surface area contributed by atoms with Gasteiger partial charge in [0.2, 0.25) is 0 Å². The van der Waals surface area contributed by atoms with Gasteiger partial charge >= 0.3 is 0 Å². The van der Waals surface area contributed by atoms with E-state index in [0.717, 1.165) is 32.6 Å². The highest BCUT2D eigenvalue weighted by Crippen LogP contribution is 2.40. The van der Waals surface area contributed by atoms with Gasteiger partial charge in [0.15, 0.2) is 6.23 Å². The number of hydrogen-bond acceptors (Lipinski definition) is 4. The second-order valence-electron chi connectivity index (χ2n) is 8.27. The van der Waals surface area contributed by atoms with Crippen LogP contribution in [0.25, 0.3) is 16.9 Å². The van der Waals surface area contributed by atoms with Crippen LogP contribution < -0.4 is 4.74 Å².